The van der Waals surface area contributed by atoms with Gasteiger partial charge in [0.25, 0.3) is 0 Å². The molecular weight excluding hydrogens is 618 g/mol. The van der Waals surface area contributed by atoms with Crippen LogP contribution in [0.4, 0.5) is 26.3 Å². The molecule has 3 aromatic heterocycles. The van der Waals surface area contributed by atoms with Gasteiger partial charge in [0, 0.05) is 39.1 Å². The van der Waals surface area contributed by atoms with Crippen molar-refractivity contribution in [1.82, 2.24) is 29.1 Å². The molecule has 0 fully saturated rings. The number of rotatable bonds is 10. The topological polar surface area (TPSA) is 79.9 Å². The first kappa shape index (κ1) is 32.2. The summed E-state index contributed by atoms with van der Waals surface area (Å²) in [6.45, 7) is 7.26. The summed E-state index contributed by atoms with van der Waals surface area (Å²) >= 11 is 0. The third-order valence-electron chi connectivity index (χ3n) is 6.89. The van der Waals surface area contributed by atoms with Crippen LogP contribution in [0.1, 0.15) is 16.8 Å². The largest absolute Gasteiger partial charge is 0.471 e. The third kappa shape index (κ3) is 7.53. The number of aryl methyl sites for hydroxylation is 1. The monoisotopic (exact) mass is 648 g/mol. The van der Waals surface area contributed by atoms with Crippen LogP contribution in [0.15, 0.2) is 61.1 Å². The lowest BCUT2D eigenvalue weighted by Crippen LogP contribution is -2.22. The molecule has 5 aromatic rings. The van der Waals surface area contributed by atoms with Gasteiger partial charge in [0.15, 0.2) is 22.7 Å². The molecule has 15 heteroatoms. The smallest absolute Gasteiger partial charge is 0.434 e. The number of aromatic nitrogens is 6. The van der Waals surface area contributed by atoms with Gasteiger partial charge in [-0.05, 0) is 17.7 Å². The molecule has 0 saturated heterocycles. The van der Waals surface area contributed by atoms with Crippen LogP contribution < -0.4 is 4.74 Å². The summed E-state index contributed by atoms with van der Waals surface area (Å²) in [5, 5.41) is 0. The van der Waals surface area contributed by atoms with Gasteiger partial charge in [-0.1, -0.05) is 62.1 Å². The number of alkyl halides is 6. The molecule has 238 valence electrons. The average molecular weight is 649 g/mol. The first-order valence-corrected chi connectivity index (χ1v) is 17.6. The minimum absolute atomic E-state index is 0.00118. The molecule has 5 rings (SSSR count). The van der Waals surface area contributed by atoms with Crippen LogP contribution in [0.5, 0.6) is 5.88 Å². The maximum atomic E-state index is 13.8. The number of imidazole rings is 2. The normalized spacial score (nSPS) is 12.7. The lowest BCUT2D eigenvalue weighted by atomic mass is 10.1. The highest BCUT2D eigenvalue weighted by molar-refractivity contribution is 6.76. The fourth-order valence-corrected chi connectivity index (χ4v) is 5.26. The predicted molar refractivity (Wildman–Crippen MR) is 158 cm³/mol. The van der Waals surface area contributed by atoms with Crippen molar-refractivity contribution in [3.8, 4) is 28.7 Å². The summed E-state index contributed by atoms with van der Waals surface area (Å²) in [7, 11) is 0.131. The Balaban J connectivity index is 1.45. The first-order valence-electron chi connectivity index (χ1n) is 13.9. The van der Waals surface area contributed by atoms with Crippen molar-refractivity contribution in [3.05, 3.63) is 77.9 Å². The van der Waals surface area contributed by atoms with Crippen LogP contribution in [-0.4, -0.2) is 43.8 Å². The Kier molecular flexibility index (Phi) is 8.77. The van der Waals surface area contributed by atoms with E-state index >= 15 is 0 Å². The maximum Gasteiger partial charge on any atom is 0.434 e. The van der Waals surface area contributed by atoms with Crippen molar-refractivity contribution in [1.29, 1.82) is 0 Å². The molecular formula is C30H30F6N6O2Si. The molecule has 0 amide bonds. The van der Waals surface area contributed by atoms with Crippen LogP contribution >= 0.6 is 0 Å². The average Bonchev–Trinajstić information content (AvgIpc) is 3.57. The summed E-state index contributed by atoms with van der Waals surface area (Å²) in [6, 6.07) is 12.5. The second-order valence-corrected chi connectivity index (χ2v) is 17.3. The first-order chi connectivity index (χ1) is 21.1. The van der Waals surface area contributed by atoms with E-state index < -0.39 is 31.7 Å². The molecule has 8 nitrogen and oxygen atoms in total. The van der Waals surface area contributed by atoms with Gasteiger partial charge in [-0.15, -0.1) is 0 Å². The zero-order chi connectivity index (χ0) is 32.6. The zero-order valence-corrected chi connectivity index (χ0v) is 25.9. The summed E-state index contributed by atoms with van der Waals surface area (Å²) < 4.78 is 95.7. The number of hydrogen-bond acceptors (Lipinski definition) is 6. The Morgan fingerprint density at radius 2 is 1.58 bits per heavy atom. The van der Waals surface area contributed by atoms with Crippen LogP contribution in [0.2, 0.25) is 25.7 Å². The van der Waals surface area contributed by atoms with E-state index in [9.17, 15) is 26.3 Å². The molecule has 0 saturated carbocycles. The SMILES string of the molecule is Cn1cc(C(F)(F)F)nc1-c1ccc(COc2nc(-c3ccccc3C(F)(F)F)nc3ncn(COCC[Si](C)(C)C)c23)cc1. The van der Waals surface area contributed by atoms with Gasteiger partial charge >= 0.3 is 12.4 Å². The van der Waals surface area contributed by atoms with E-state index in [1.54, 1.807) is 28.8 Å². The molecule has 0 aliphatic carbocycles. The Labute approximate surface area is 255 Å². The Morgan fingerprint density at radius 1 is 0.867 bits per heavy atom. The van der Waals surface area contributed by atoms with Gasteiger partial charge < -0.3 is 18.6 Å². The van der Waals surface area contributed by atoms with Crippen molar-refractivity contribution in [2.24, 2.45) is 7.05 Å². The quantitative estimate of drug-likeness (QED) is 0.0873. The highest BCUT2D eigenvalue weighted by Crippen LogP contribution is 2.37. The van der Waals surface area contributed by atoms with Crippen LogP contribution in [0.25, 0.3) is 33.9 Å². The fraction of sp³-hybridized carbons (Fsp3) is 0.333. The molecule has 0 bridgehead atoms. The number of fused-ring (bicyclic) bond motifs is 1. The summed E-state index contributed by atoms with van der Waals surface area (Å²) in [4.78, 5) is 16.7. The third-order valence-corrected chi connectivity index (χ3v) is 8.60. The second-order valence-electron chi connectivity index (χ2n) is 11.7. The highest BCUT2D eigenvalue weighted by Gasteiger charge is 2.35. The van der Waals surface area contributed by atoms with Crippen LogP contribution in [0.3, 0.4) is 0 Å². The molecule has 0 aliphatic rings. The number of nitrogens with zero attached hydrogens (tertiary/aromatic N) is 6. The van der Waals surface area contributed by atoms with Gasteiger partial charge in [0.2, 0.25) is 5.88 Å². The van der Waals surface area contributed by atoms with Crippen molar-refractivity contribution >= 4 is 19.2 Å². The zero-order valence-electron chi connectivity index (χ0n) is 24.9. The van der Waals surface area contributed by atoms with E-state index in [0.717, 1.165) is 18.3 Å². The van der Waals surface area contributed by atoms with E-state index in [4.69, 9.17) is 9.47 Å². The molecule has 0 spiro atoms. The van der Waals surface area contributed by atoms with E-state index in [0.29, 0.717) is 23.3 Å². The van der Waals surface area contributed by atoms with Gasteiger partial charge in [0.05, 0.1) is 11.9 Å². The van der Waals surface area contributed by atoms with Gasteiger partial charge in [-0.2, -0.15) is 31.3 Å². The number of halogens is 6. The minimum Gasteiger partial charge on any atom is -0.471 e. The Bertz CT molecular complexity index is 1790. The molecule has 0 unspecified atom stereocenters. The lowest BCUT2D eigenvalue weighted by Gasteiger charge is -2.16. The standard InChI is InChI=1S/C30H30F6N6O2Si/c1-41-15-23(30(34,35)36)38-27(41)20-11-9-19(10-12-20)16-44-28-24-26(37-17-42(24)18-43-13-14-45(2,3)4)39-25(40-28)21-7-5-6-8-22(21)29(31,32)33/h5-12,15,17H,13-14,16,18H2,1-4H3. The summed E-state index contributed by atoms with van der Waals surface area (Å²) in [5.74, 6) is -0.0690. The van der Waals surface area contributed by atoms with Crippen molar-refractivity contribution in [3.63, 3.8) is 0 Å². The fourth-order valence-electron chi connectivity index (χ4n) is 4.50. The number of benzene rings is 2. The van der Waals surface area contributed by atoms with E-state index in [1.807, 2.05) is 0 Å². The second kappa shape index (κ2) is 12.3. The van der Waals surface area contributed by atoms with Gasteiger partial charge in [0.1, 0.15) is 19.2 Å². The minimum atomic E-state index is -4.64. The highest BCUT2D eigenvalue weighted by atomic mass is 28.3. The molecule has 2 aromatic carbocycles. The summed E-state index contributed by atoms with van der Waals surface area (Å²) in [5.41, 5.74) is -0.555. The van der Waals surface area contributed by atoms with Crippen molar-refractivity contribution < 1.29 is 35.8 Å². The van der Waals surface area contributed by atoms with Crippen molar-refractivity contribution in [2.45, 2.75) is 51.4 Å². The van der Waals surface area contributed by atoms with Crippen LogP contribution in [-0.2, 0) is 37.5 Å². The Morgan fingerprint density at radius 3 is 2.22 bits per heavy atom. The molecule has 0 radical (unpaired) electrons. The molecule has 45 heavy (non-hydrogen) atoms. The van der Waals surface area contributed by atoms with Crippen molar-refractivity contribution in [2.75, 3.05) is 6.61 Å². The van der Waals surface area contributed by atoms with E-state index in [-0.39, 0.29) is 42.1 Å². The number of ether oxygens (including phenoxy) is 2. The maximum absolute atomic E-state index is 13.8. The molecule has 3 heterocycles. The molecule has 0 N–H and O–H groups in total. The predicted octanol–water partition coefficient (Wildman–Crippen LogP) is 7.82. The van der Waals surface area contributed by atoms with Crippen LogP contribution in [0, 0.1) is 0 Å². The Hall–Kier alpha value is -4.24. The van der Waals surface area contributed by atoms with Gasteiger partial charge in [-0.25, -0.2) is 15.0 Å². The molecule has 0 atom stereocenters. The van der Waals surface area contributed by atoms with Gasteiger partial charge in [-0.3, -0.25) is 0 Å². The lowest BCUT2D eigenvalue weighted by molar-refractivity contribution is -0.141. The van der Waals surface area contributed by atoms with E-state index in [1.165, 1.54) is 36.1 Å². The van der Waals surface area contributed by atoms with E-state index in [2.05, 4.69) is 39.6 Å². The number of hydrogen-bond donors (Lipinski definition) is 0. The summed E-state index contributed by atoms with van der Waals surface area (Å²) in [6.07, 6.45) is -6.83. The molecule has 0 aliphatic heterocycles.